The van der Waals surface area contributed by atoms with Crippen molar-refractivity contribution in [3.05, 3.63) is 86.3 Å². The summed E-state index contributed by atoms with van der Waals surface area (Å²) in [5.41, 5.74) is 0.937. The largest absolute Gasteiger partial charge is 0.506 e. The van der Waals surface area contributed by atoms with Crippen LogP contribution in [0.15, 0.2) is 64.8 Å². The van der Waals surface area contributed by atoms with Crippen molar-refractivity contribution in [2.24, 2.45) is 11.3 Å². The molecule has 0 bridgehead atoms. The first-order valence-corrected chi connectivity index (χ1v) is 19.2. The monoisotopic (exact) mass is 728 g/mol. The van der Waals surface area contributed by atoms with Crippen LogP contribution in [0, 0.1) is 11.3 Å². The van der Waals surface area contributed by atoms with E-state index in [9.17, 15) is 30.0 Å². The SMILES string of the molecule is CN(CCCn1nnc2cc(CNC[C@H](O)c3ccc(O)c4[nH]c(=O)ccc34)ccc21)C1CCC(C2([C@](O)(C(=O)O)c3cccs3)CCCC2)CC1. The van der Waals surface area contributed by atoms with Crippen LogP contribution in [0.2, 0.25) is 0 Å². The number of carboxylic acids is 1. The third-order valence-electron chi connectivity index (χ3n) is 11.9. The number of carbonyl (C=O) groups is 1. The molecule has 2 saturated carbocycles. The van der Waals surface area contributed by atoms with Crippen LogP contribution >= 0.6 is 11.3 Å². The first-order valence-electron chi connectivity index (χ1n) is 18.4. The van der Waals surface area contributed by atoms with E-state index in [1.807, 2.05) is 34.3 Å². The van der Waals surface area contributed by atoms with Crippen LogP contribution in [0.5, 0.6) is 5.75 Å². The number of phenols is 1. The van der Waals surface area contributed by atoms with Gasteiger partial charge in [-0.05, 0) is 111 Å². The van der Waals surface area contributed by atoms with Gasteiger partial charge >= 0.3 is 5.97 Å². The predicted octanol–water partition coefficient (Wildman–Crippen LogP) is 5.28. The van der Waals surface area contributed by atoms with Gasteiger partial charge in [-0.25, -0.2) is 9.48 Å². The summed E-state index contributed by atoms with van der Waals surface area (Å²) in [6, 6.07) is 16.2. The van der Waals surface area contributed by atoms with E-state index in [-0.39, 0.29) is 23.8 Å². The molecule has 2 atom stereocenters. The lowest BCUT2D eigenvalue weighted by molar-refractivity contribution is -0.187. The van der Waals surface area contributed by atoms with E-state index in [0.717, 1.165) is 87.5 Å². The molecule has 0 amide bonds. The number of rotatable bonds is 14. The highest BCUT2D eigenvalue weighted by Crippen LogP contribution is 2.60. The summed E-state index contributed by atoms with van der Waals surface area (Å²) in [7, 11) is 2.18. The Bertz CT molecular complexity index is 2070. The van der Waals surface area contributed by atoms with Gasteiger partial charge in [0.1, 0.15) is 11.3 Å². The highest BCUT2D eigenvalue weighted by Gasteiger charge is 2.62. The molecule has 12 nitrogen and oxygen atoms in total. The number of carboxylic acid groups (broad SMARTS) is 1. The van der Waals surface area contributed by atoms with E-state index in [2.05, 4.69) is 32.6 Å². The molecule has 3 heterocycles. The Balaban J connectivity index is 0.899. The summed E-state index contributed by atoms with van der Waals surface area (Å²) in [5, 5.41) is 57.9. The Morgan fingerprint density at radius 1 is 1.13 bits per heavy atom. The van der Waals surface area contributed by atoms with Gasteiger partial charge in [-0.1, -0.05) is 36.3 Å². The van der Waals surface area contributed by atoms with E-state index >= 15 is 0 Å². The lowest BCUT2D eigenvalue weighted by Crippen LogP contribution is -2.55. The molecule has 7 rings (SSSR count). The molecule has 13 heteroatoms. The molecular formula is C39H48N6O6S. The third-order valence-corrected chi connectivity index (χ3v) is 12.9. The number of hydrogen-bond donors (Lipinski definition) is 6. The Hall–Kier alpha value is -4.14. The van der Waals surface area contributed by atoms with Crippen molar-refractivity contribution in [1.82, 2.24) is 30.2 Å². The van der Waals surface area contributed by atoms with Crippen LogP contribution in [0.4, 0.5) is 0 Å². The Kier molecular flexibility index (Phi) is 10.5. The zero-order chi connectivity index (χ0) is 36.5. The number of aryl methyl sites for hydroxylation is 1. The maximum atomic E-state index is 12.7. The summed E-state index contributed by atoms with van der Waals surface area (Å²) in [5.74, 6) is -0.968. The second-order valence-electron chi connectivity index (χ2n) is 14.8. The highest BCUT2D eigenvalue weighted by molar-refractivity contribution is 7.10. The van der Waals surface area contributed by atoms with E-state index < -0.39 is 23.1 Å². The van der Waals surface area contributed by atoms with E-state index in [1.165, 1.54) is 23.5 Å². The Morgan fingerprint density at radius 2 is 1.92 bits per heavy atom. The zero-order valence-corrected chi connectivity index (χ0v) is 30.3. The molecule has 0 aliphatic heterocycles. The van der Waals surface area contributed by atoms with Crippen molar-refractivity contribution in [2.75, 3.05) is 20.1 Å². The number of aromatic amines is 1. The van der Waals surface area contributed by atoms with Crippen LogP contribution in [-0.4, -0.2) is 77.5 Å². The van der Waals surface area contributed by atoms with Gasteiger partial charge in [-0.3, -0.25) is 4.79 Å². The van der Waals surface area contributed by atoms with Crippen LogP contribution < -0.4 is 10.9 Å². The van der Waals surface area contributed by atoms with Crippen molar-refractivity contribution in [3.8, 4) is 5.75 Å². The fraction of sp³-hybridized carbons (Fsp3) is 0.487. The number of aliphatic hydroxyl groups is 2. The number of aromatic hydroxyl groups is 1. The predicted molar refractivity (Wildman–Crippen MR) is 200 cm³/mol. The quantitative estimate of drug-likeness (QED) is 0.0883. The molecule has 3 aromatic heterocycles. The molecule has 2 fully saturated rings. The molecule has 0 saturated heterocycles. The van der Waals surface area contributed by atoms with Gasteiger partial charge in [0.25, 0.3) is 0 Å². The van der Waals surface area contributed by atoms with Gasteiger partial charge in [0.15, 0.2) is 0 Å². The first kappa shape index (κ1) is 36.2. The number of H-pyrrole nitrogens is 1. The minimum Gasteiger partial charge on any atom is -0.506 e. The molecule has 0 spiro atoms. The number of aromatic nitrogens is 4. The first-order chi connectivity index (χ1) is 25.1. The summed E-state index contributed by atoms with van der Waals surface area (Å²) < 4.78 is 1.95. The number of nitrogens with zero attached hydrogens (tertiary/aromatic N) is 4. The second kappa shape index (κ2) is 15.1. The second-order valence-corrected chi connectivity index (χ2v) is 15.7. The van der Waals surface area contributed by atoms with Crippen LogP contribution in [0.25, 0.3) is 21.9 Å². The molecule has 6 N–H and O–H groups in total. The fourth-order valence-corrected chi connectivity index (χ4v) is 10.1. The van der Waals surface area contributed by atoms with Crippen molar-refractivity contribution < 1.29 is 25.2 Å². The minimum atomic E-state index is -1.84. The molecule has 52 heavy (non-hydrogen) atoms. The molecule has 276 valence electrons. The lowest BCUT2D eigenvalue weighted by atomic mass is 9.58. The van der Waals surface area contributed by atoms with E-state index in [0.29, 0.717) is 33.9 Å². The lowest BCUT2D eigenvalue weighted by Gasteiger charge is -2.50. The van der Waals surface area contributed by atoms with Crippen LogP contribution in [0.1, 0.15) is 79.9 Å². The van der Waals surface area contributed by atoms with Gasteiger partial charge in [0, 0.05) is 47.4 Å². The minimum absolute atomic E-state index is 0.0408. The highest BCUT2D eigenvalue weighted by atomic mass is 32.1. The van der Waals surface area contributed by atoms with E-state index in [4.69, 9.17) is 0 Å². The normalized spacial score (nSPS) is 20.8. The number of aliphatic hydroxyl groups excluding tert-OH is 1. The van der Waals surface area contributed by atoms with E-state index in [1.54, 1.807) is 18.2 Å². The smallest absolute Gasteiger partial charge is 0.341 e. The number of nitrogens with one attached hydrogen (secondary N) is 2. The Morgan fingerprint density at radius 3 is 2.65 bits per heavy atom. The average Bonchev–Trinajstić information content (AvgIpc) is 3.94. The molecule has 2 aliphatic rings. The number of hydrogen-bond acceptors (Lipinski definition) is 10. The molecule has 2 aliphatic carbocycles. The van der Waals surface area contributed by atoms with Crippen molar-refractivity contribution in [2.45, 2.75) is 88.6 Å². The molecule has 2 aromatic carbocycles. The van der Waals surface area contributed by atoms with Crippen molar-refractivity contribution >= 4 is 39.2 Å². The summed E-state index contributed by atoms with van der Waals surface area (Å²) >= 11 is 1.35. The summed E-state index contributed by atoms with van der Waals surface area (Å²) in [6.07, 6.45) is 7.36. The zero-order valence-electron chi connectivity index (χ0n) is 29.5. The summed E-state index contributed by atoms with van der Waals surface area (Å²) in [6.45, 7) is 2.44. The number of phenolic OH excluding ortho intramolecular Hbond substituents is 1. The van der Waals surface area contributed by atoms with Gasteiger partial charge in [-0.15, -0.1) is 16.4 Å². The van der Waals surface area contributed by atoms with Gasteiger partial charge < -0.3 is 35.6 Å². The molecular weight excluding hydrogens is 681 g/mol. The number of thiophene rings is 1. The Labute approximate surface area is 306 Å². The van der Waals surface area contributed by atoms with Crippen molar-refractivity contribution in [3.63, 3.8) is 0 Å². The average molecular weight is 729 g/mol. The number of aliphatic carboxylic acids is 1. The van der Waals surface area contributed by atoms with Gasteiger partial charge in [-0.2, -0.15) is 0 Å². The van der Waals surface area contributed by atoms with Crippen LogP contribution in [0.3, 0.4) is 0 Å². The standard InChI is InChI=1S/C39H48N6O6S/c1-44(27-10-8-26(9-11-27)38(17-2-3-18-38)39(51,37(49)50)34-6-4-21-52-34)19-5-20-45-31-14-7-25(22-30(31)42-43-45)23-40-24-33(47)28-12-15-32(46)36-29(28)13-16-35(48)41-36/h4,6-7,12-16,21-22,26-27,33,40,46-47,51H,2-3,5,8-11,17-20,23-24H2,1H3,(H,41,48)(H,49,50)/t26?,27?,33-,39+/m0/s1. The number of pyridine rings is 1. The molecule has 0 unspecified atom stereocenters. The van der Waals surface area contributed by atoms with Gasteiger partial charge in [0.2, 0.25) is 11.2 Å². The van der Waals surface area contributed by atoms with Crippen LogP contribution in [-0.2, 0) is 23.5 Å². The molecule has 0 radical (unpaired) electrons. The number of benzene rings is 2. The summed E-state index contributed by atoms with van der Waals surface area (Å²) in [4.78, 5) is 30.1. The topological polar surface area (TPSA) is 177 Å². The van der Waals surface area contributed by atoms with Gasteiger partial charge in [0.05, 0.1) is 17.1 Å². The van der Waals surface area contributed by atoms with Crippen molar-refractivity contribution in [1.29, 1.82) is 0 Å². The maximum Gasteiger partial charge on any atom is 0.341 e. The maximum absolute atomic E-state index is 12.7. The third kappa shape index (κ3) is 6.76. The molecule has 5 aromatic rings. The fourth-order valence-electron chi connectivity index (χ4n) is 9.15. The number of fused-ring (bicyclic) bond motifs is 2.